The van der Waals surface area contributed by atoms with E-state index in [-0.39, 0.29) is 0 Å². The van der Waals surface area contributed by atoms with Gasteiger partial charge in [-0.05, 0) is 42.4 Å². The molecule has 0 aliphatic carbocycles. The third kappa shape index (κ3) is 4.59. The molecule has 1 aromatic carbocycles. The molecule has 2 aromatic rings. The van der Waals surface area contributed by atoms with Crippen molar-refractivity contribution in [1.82, 2.24) is 20.5 Å². The predicted molar refractivity (Wildman–Crippen MR) is 83.0 cm³/mol. The molecule has 0 amide bonds. The first-order chi connectivity index (χ1) is 9.69. The van der Waals surface area contributed by atoms with Gasteiger partial charge in [0, 0.05) is 29.6 Å². The smallest absolute Gasteiger partial charge is 0.213 e. The minimum Gasteiger partial charge on any atom is -0.383 e. The van der Waals surface area contributed by atoms with Crippen LogP contribution >= 0.6 is 27.7 Å². The van der Waals surface area contributed by atoms with Crippen molar-refractivity contribution in [3.63, 3.8) is 0 Å². The number of aromatic nitrogens is 3. The van der Waals surface area contributed by atoms with Crippen LogP contribution in [0.1, 0.15) is 11.4 Å². The van der Waals surface area contributed by atoms with E-state index >= 15 is 0 Å². The van der Waals surface area contributed by atoms with Crippen LogP contribution in [0.15, 0.2) is 32.7 Å². The number of halogens is 1. The summed E-state index contributed by atoms with van der Waals surface area (Å²) in [6.45, 7) is 4.21. The molecule has 0 atom stereocenters. The number of rotatable bonds is 7. The molecular formula is C13H17BrN4OS. The van der Waals surface area contributed by atoms with E-state index in [1.807, 2.05) is 13.0 Å². The molecule has 1 aromatic heterocycles. The van der Waals surface area contributed by atoms with Crippen LogP contribution in [0, 0.1) is 6.92 Å². The number of ether oxygens (including phenoxy) is 1. The zero-order valence-electron chi connectivity index (χ0n) is 11.4. The Morgan fingerprint density at radius 2 is 2.30 bits per heavy atom. The Kier molecular flexibility index (Phi) is 6.03. The lowest BCUT2D eigenvalue weighted by atomic mass is 10.2. The lowest BCUT2D eigenvalue weighted by molar-refractivity contribution is 0.199. The Hall–Kier alpha value is -0.890. The Morgan fingerprint density at radius 1 is 1.45 bits per heavy atom. The second-order valence-corrected chi connectivity index (χ2v) is 6.15. The summed E-state index contributed by atoms with van der Waals surface area (Å²) in [7, 11) is 1.70. The van der Waals surface area contributed by atoms with E-state index in [9.17, 15) is 0 Å². The average Bonchev–Trinajstić information content (AvgIpc) is 2.83. The van der Waals surface area contributed by atoms with Crippen molar-refractivity contribution >= 4 is 27.7 Å². The highest BCUT2D eigenvalue weighted by atomic mass is 79.9. The van der Waals surface area contributed by atoms with Gasteiger partial charge >= 0.3 is 0 Å². The molecule has 0 aliphatic heterocycles. The third-order valence-electron chi connectivity index (χ3n) is 2.60. The summed E-state index contributed by atoms with van der Waals surface area (Å²) in [6, 6.07) is 6.22. The van der Waals surface area contributed by atoms with Crippen molar-refractivity contribution in [3.05, 3.63) is 34.1 Å². The molecule has 0 saturated carbocycles. The van der Waals surface area contributed by atoms with Crippen molar-refractivity contribution in [2.45, 2.75) is 23.5 Å². The first kappa shape index (κ1) is 15.5. The zero-order chi connectivity index (χ0) is 14.4. The maximum Gasteiger partial charge on any atom is 0.213 e. The summed E-state index contributed by atoms with van der Waals surface area (Å²) in [5.74, 6) is 0.824. The molecule has 5 nitrogen and oxygen atoms in total. The average molecular weight is 357 g/mol. The van der Waals surface area contributed by atoms with E-state index in [0.717, 1.165) is 33.4 Å². The van der Waals surface area contributed by atoms with Gasteiger partial charge in [0.25, 0.3) is 0 Å². The minimum atomic E-state index is 0.705. The van der Waals surface area contributed by atoms with Gasteiger partial charge in [-0.1, -0.05) is 15.9 Å². The molecule has 20 heavy (non-hydrogen) atoms. The first-order valence-corrected chi connectivity index (χ1v) is 7.85. The highest BCUT2D eigenvalue weighted by Crippen LogP contribution is 2.30. The second-order valence-electron chi connectivity index (χ2n) is 4.23. The molecule has 1 heterocycles. The Morgan fingerprint density at radius 3 is 3.00 bits per heavy atom. The monoisotopic (exact) mass is 356 g/mol. The number of hydrogen-bond acceptors (Lipinski definition) is 5. The number of nitrogens with zero attached hydrogens (tertiary/aromatic N) is 2. The van der Waals surface area contributed by atoms with Gasteiger partial charge in [-0.25, -0.2) is 4.98 Å². The van der Waals surface area contributed by atoms with E-state index in [0.29, 0.717) is 6.61 Å². The molecule has 2 rings (SSSR count). The number of aromatic amines is 1. The van der Waals surface area contributed by atoms with Crippen LogP contribution in [0.2, 0.25) is 0 Å². The molecule has 0 aliphatic rings. The van der Waals surface area contributed by atoms with Crippen molar-refractivity contribution in [3.8, 4) is 0 Å². The maximum atomic E-state index is 5.03. The molecule has 0 spiro atoms. The van der Waals surface area contributed by atoms with Gasteiger partial charge in [0.05, 0.1) is 6.61 Å². The van der Waals surface area contributed by atoms with Crippen molar-refractivity contribution < 1.29 is 4.74 Å². The molecule has 0 saturated heterocycles. The molecule has 108 valence electrons. The van der Waals surface area contributed by atoms with Gasteiger partial charge in [0.15, 0.2) is 0 Å². The van der Waals surface area contributed by atoms with Crippen molar-refractivity contribution in [1.29, 1.82) is 0 Å². The molecule has 0 unspecified atom stereocenters. The number of methoxy groups -OCH3 is 1. The standard InChI is InChI=1S/C13H17BrN4OS/c1-9-16-13(18-17-9)20-12-4-3-11(14)7-10(12)8-15-5-6-19-2/h3-4,7,15H,5-6,8H2,1-2H3,(H,16,17,18). The topological polar surface area (TPSA) is 62.8 Å². The number of nitrogens with one attached hydrogen (secondary N) is 2. The SMILES string of the molecule is COCCNCc1cc(Br)ccc1Sc1n[nH]c(C)n1. The molecular weight excluding hydrogens is 340 g/mol. The predicted octanol–water partition coefficient (Wildman–Crippen LogP) is 2.76. The largest absolute Gasteiger partial charge is 0.383 e. The van der Waals surface area contributed by atoms with Crippen LogP contribution in [0.4, 0.5) is 0 Å². The summed E-state index contributed by atoms with van der Waals surface area (Å²) in [5, 5.41) is 11.1. The van der Waals surface area contributed by atoms with Crippen LogP contribution in [-0.2, 0) is 11.3 Å². The lowest BCUT2D eigenvalue weighted by Crippen LogP contribution is -2.18. The van der Waals surface area contributed by atoms with E-state index in [2.05, 4.69) is 48.6 Å². The Labute approximate surface area is 131 Å². The van der Waals surface area contributed by atoms with Crippen LogP contribution in [-0.4, -0.2) is 35.4 Å². The molecule has 0 bridgehead atoms. The molecule has 0 radical (unpaired) electrons. The van der Waals surface area contributed by atoms with Crippen LogP contribution in [0.3, 0.4) is 0 Å². The van der Waals surface area contributed by atoms with Gasteiger partial charge in [-0.3, -0.25) is 5.10 Å². The summed E-state index contributed by atoms with van der Waals surface area (Å²) < 4.78 is 6.10. The zero-order valence-corrected chi connectivity index (χ0v) is 13.8. The van der Waals surface area contributed by atoms with Gasteiger partial charge in [0.2, 0.25) is 5.16 Å². The number of aryl methyl sites for hydroxylation is 1. The summed E-state index contributed by atoms with van der Waals surface area (Å²) >= 11 is 5.07. The van der Waals surface area contributed by atoms with E-state index < -0.39 is 0 Å². The summed E-state index contributed by atoms with van der Waals surface area (Å²) in [4.78, 5) is 5.47. The molecule has 0 fully saturated rings. The maximum absolute atomic E-state index is 5.03. The second kappa shape index (κ2) is 7.78. The van der Waals surface area contributed by atoms with E-state index in [1.165, 1.54) is 5.56 Å². The number of benzene rings is 1. The number of H-pyrrole nitrogens is 1. The minimum absolute atomic E-state index is 0.705. The van der Waals surface area contributed by atoms with Crippen molar-refractivity contribution in [2.24, 2.45) is 0 Å². The fourth-order valence-corrected chi connectivity index (χ4v) is 2.93. The fourth-order valence-electron chi connectivity index (χ4n) is 1.65. The molecule has 2 N–H and O–H groups in total. The van der Waals surface area contributed by atoms with Crippen LogP contribution in [0.5, 0.6) is 0 Å². The van der Waals surface area contributed by atoms with Crippen LogP contribution in [0.25, 0.3) is 0 Å². The normalized spacial score (nSPS) is 10.9. The van der Waals surface area contributed by atoms with Crippen molar-refractivity contribution in [2.75, 3.05) is 20.3 Å². The third-order valence-corrected chi connectivity index (χ3v) is 4.08. The fraction of sp³-hybridized carbons (Fsp3) is 0.385. The summed E-state index contributed by atoms with van der Waals surface area (Å²) in [5.41, 5.74) is 1.21. The van der Waals surface area contributed by atoms with Gasteiger partial charge in [-0.15, -0.1) is 5.10 Å². The quantitative estimate of drug-likeness (QED) is 0.746. The Balaban J connectivity index is 2.06. The molecule has 7 heteroatoms. The van der Waals surface area contributed by atoms with E-state index in [1.54, 1.807) is 18.9 Å². The van der Waals surface area contributed by atoms with Gasteiger partial charge in [-0.2, -0.15) is 0 Å². The first-order valence-electron chi connectivity index (χ1n) is 6.24. The van der Waals surface area contributed by atoms with Crippen LogP contribution < -0.4 is 5.32 Å². The Bertz CT molecular complexity index is 561. The highest BCUT2D eigenvalue weighted by Gasteiger charge is 2.08. The summed E-state index contributed by atoms with van der Waals surface area (Å²) in [6.07, 6.45) is 0. The number of hydrogen-bond donors (Lipinski definition) is 2. The van der Waals surface area contributed by atoms with Gasteiger partial charge < -0.3 is 10.1 Å². The lowest BCUT2D eigenvalue weighted by Gasteiger charge is -2.09. The van der Waals surface area contributed by atoms with E-state index in [4.69, 9.17) is 4.74 Å². The van der Waals surface area contributed by atoms with Gasteiger partial charge in [0.1, 0.15) is 5.82 Å². The highest BCUT2D eigenvalue weighted by molar-refractivity contribution is 9.10.